The number of alkyl halides is 1. The monoisotopic (exact) mass is 354 g/mol. The van der Waals surface area contributed by atoms with Crippen LogP contribution in [-0.4, -0.2) is 10.6 Å². The molecule has 0 aliphatic rings. The number of hydrogen-bond acceptors (Lipinski definition) is 1. The van der Waals surface area contributed by atoms with Gasteiger partial charge < -0.3 is 0 Å². The van der Waals surface area contributed by atoms with E-state index in [9.17, 15) is 9.18 Å². The molecule has 0 aromatic heterocycles. The van der Waals surface area contributed by atoms with Crippen LogP contribution in [0.15, 0.2) is 12.1 Å². The number of halogens is 4. The number of carbonyl (C=O) groups is 1. The molecule has 1 nitrogen and oxygen atoms in total. The summed E-state index contributed by atoms with van der Waals surface area (Å²) in [5, 5.41) is -0.0548. The molecule has 1 unspecified atom stereocenters. The molecule has 0 amide bonds. The molecular weight excluding hydrogens is 342 g/mol. The van der Waals surface area contributed by atoms with E-state index >= 15 is 0 Å². The fraction of sp³-hybridized carbons (Fsp3) is 0.462. The van der Waals surface area contributed by atoms with Crippen LogP contribution in [0.2, 0.25) is 10.0 Å². The van der Waals surface area contributed by atoms with Gasteiger partial charge in [0.15, 0.2) is 11.6 Å². The van der Waals surface area contributed by atoms with Crippen molar-refractivity contribution in [2.75, 3.05) is 0 Å². The van der Waals surface area contributed by atoms with Crippen molar-refractivity contribution in [1.29, 1.82) is 0 Å². The second kappa shape index (κ2) is 5.89. The second-order valence-electron chi connectivity index (χ2n) is 5.16. The summed E-state index contributed by atoms with van der Waals surface area (Å²) >= 11 is 14.8. The highest BCUT2D eigenvalue weighted by molar-refractivity contribution is 9.10. The van der Waals surface area contributed by atoms with Crippen LogP contribution in [0.1, 0.15) is 26.3 Å². The first-order chi connectivity index (χ1) is 8.12. The molecule has 0 aliphatic carbocycles. The highest BCUT2D eigenvalue weighted by atomic mass is 79.9. The van der Waals surface area contributed by atoms with E-state index in [1.807, 2.05) is 20.8 Å². The molecule has 0 spiro atoms. The van der Waals surface area contributed by atoms with Gasteiger partial charge in [0, 0.05) is 5.41 Å². The standard InChI is InChI=1S/C13H14BrCl2FO/c1-13(2,3)12(18)8(14)4-7-5-9(15)11(17)10(16)6-7/h5-6,8H,4H2,1-3H3. The van der Waals surface area contributed by atoms with Gasteiger partial charge in [0.1, 0.15) is 0 Å². The maximum atomic E-state index is 13.3. The number of hydrogen-bond donors (Lipinski definition) is 0. The molecule has 0 heterocycles. The Morgan fingerprint density at radius 1 is 1.33 bits per heavy atom. The zero-order valence-corrected chi connectivity index (χ0v) is 13.5. The van der Waals surface area contributed by atoms with Crippen LogP contribution in [0.3, 0.4) is 0 Å². The van der Waals surface area contributed by atoms with Crippen molar-refractivity contribution >= 4 is 44.9 Å². The highest BCUT2D eigenvalue weighted by Crippen LogP contribution is 2.28. The molecule has 0 bridgehead atoms. The van der Waals surface area contributed by atoms with Crippen LogP contribution in [0, 0.1) is 11.2 Å². The SMILES string of the molecule is CC(C)(C)C(=O)C(Br)Cc1cc(Cl)c(F)c(Cl)c1. The van der Waals surface area contributed by atoms with Crippen molar-refractivity contribution in [3.63, 3.8) is 0 Å². The average molecular weight is 356 g/mol. The molecule has 5 heteroatoms. The Hall–Kier alpha value is -0.120. The molecular formula is C13H14BrCl2FO. The average Bonchev–Trinajstić information content (AvgIpc) is 2.23. The van der Waals surface area contributed by atoms with E-state index in [0.29, 0.717) is 6.42 Å². The van der Waals surface area contributed by atoms with E-state index in [-0.39, 0.29) is 20.7 Å². The fourth-order valence-electron chi connectivity index (χ4n) is 1.50. The number of carbonyl (C=O) groups excluding carboxylic acids is 1. The van der Waals surface area contributed by atoms with E-state index in [0.717, 1.165) is 5.56 Å². The summed E-state index contributed by atoms with van der Waals surface area (Å²) in [4.78, 5) is 11.7. The van der Waals surface area contributed by atoms with Crippen molar-refractivity contribution in [3.05, 3.63) is 33.6 Å². The lowest BCUT2D eigenvalue weighted by atomic mass is 9.87. The summed E-state index contributed by atoms with van der Waals surface area (Å²) in [6.45, 7) is 5.57. The summed E-state index contributed by atoms with van der Waals surface area (Å²) in [5.74, 6) is -0.547. The van der Waals surface area contributed by atoms with Crippen molar-refractivity contribution in [1.82, 2.24) is 0 Å². The molecule has 0 saturated heterocycles. The smallest absolute Gasteiger partial charge is 0.160 e. The van der Waals surface area contributed by atoms with Crippen LogP contribution in [0.4, 0.5) is 4.39 Å². The number of benzene rings is 1. The van der Waals surface area contributed by atoms with Crippen molar-refractivity contribution in [2.24, 2.45) is 5.41 Å². The molecule has 1 aromatic carbocycles. The third-order valence-corrected chi connectivity index (χ3v) is 3.77. The summed E-state index contributed by atoms with van der Waals surface area (Å²) in [5.41, 5.74) is 0.299. The summed E-state index contributed by atoms with van der Waals surface area (Å²) in [6, 6.07) is 2.99. The van der Waals surface area contributed by atoms with Crippen LogP contribution in [0.5, 0.6) is 0 Å². The quantitative estimate of drug-likeness (QED) is 0.547. The predicted molar refractivity (Wildman–Crippen MR) is 77.3 cm³/mol. The Morgan fingerprint density at radius 2 is 1.78 bits per heavy atom. The maximum absolute atomic E-state index is 13.3. The lowest BCUT2D eigenvalue weighted by Crippen LogP contribution is -2.30. The van der Waals surface area contributed by atoms with Gasteiger partial charge in [-0.15, -0.1) is 0 Å². The minimum Gasteiger partial charge on any atom is -0.298 e. The molecule has 0 aliphatic heterocycles. The molecule has 0 N–H and O–H groups in total. The normalized spacial score (nSPS) is 13.5. The Kier molecular flexibility index (Phi) is 5.22. The minimum absolute atomic E-state index is 0.0274. The molecule has 0 radical (unpaired) electrons. The van der Waals surface area contributed by atoms with Crippen LogP contribution < -0.4 is 0 Å². The van der Waals surface area contributed by atoms with Gasteiger partial charge in [-0.1, -0.05) is 59.9 Å². The first kappa shape index (κ1) is 15.9. The van der Waals surface area contributed by atoms with Gasteiger partial charge in [-0.25, -0.2) is 4.39 Å². The van der Waals surface area contributed by atoms with Gasteiger partial charge in [-0.05, 0) is 24.1 Å². The fourth-order valence-corrected chi connectivity index (χ4v) is 3.09. The first-order valence-corrected chi connectivity index (χ1v) is 7.12. The lowest BCUT2D eigenvalue weighted by Gasteiger charge is -2.20. The summed E-state index contributed by atoms with van der Waals surface area (Å²) < 4.78 is 13.3. The number of ketones is 1. The van der Waals surface area contributed by atoms with E-state index in [1.165, 1.54) is 12.1 Å². The first-order valence-electron chi connectivity index (χ1n) is 5.44. The lowest BCUT2D eigenvalue weighted by molar-refractivity contribution is -0.125. The molecule has 18 heavy (non-hydrogen) atoms. The topological polar surface area (TPSA) is 17.1 Å². The van der Waals surface area contributed by atoms with Crippen molar-refractivity contribution in [3.8, 4) is 0 Å². The highest BCUT2D eigenvalue weighted by Gasteiger charge is 2.28. The minimum atomic E-state index is -0.629. The molecule has 0 fully saturated rings. The summed E-state index contributed by atoms with van der Waals surface area (Å²) in [7, 11) is 0. The van der Waals surface area contributed by atoms with Gasteiger partial charge in [0.05, 0.1) is 14.9 Å². The van der Waals surface area contributed by atoms with Crippen LogP contribution in [-0.2, 0) is 11.2 Å². The van der Waals surface area contributed by atoms with E-state index in [2.05, 4.69) is 15.9 Å². The van der Waals surface area contributed by atoms with Gasteiger partial charge in [-0.3, -0.25) is 4.79 Å². The zero-order chi connectivity index (χ0) is 14.1. The van der Waals surface area contributed by atoms with Crippen molar-refractivity contribution < 1.29 is 9.18 Å². The maximum Gasteiger partial charge on any atom is 0.160 e. The number of rotatable bonds is 3. The van der Waals surface area contributed by atoms with Gasteiger partial charge in [0.25, 0.3) is 0 Å². The van der Waals surface area contributed by atoms with Crippen LogP contribution in [0.25, 0.3) is 0 Å². The zero-order valence-electron chi connectivity index (χ0n) is 10.4. The molecule has 0 saturated carbocycles. The van der Waals surface area contributed by atoms with Crippen molar-refractivity contribution in [2.45, 2.75) is 32.0 Å². The van der Waals surface area contributed by atoms with E-state index in [4.69, 9.17) is 23.2 Å². The molecule has 1 atom stereocenters. The molecule has 1 rings (SSSR count). The van der Waals surface area contributed by atoms with E-state index < -0.39 is 11.2 Å². The van der Waals surface area contributed by atoms with Crippen LogP contribution >= 0.6 is 39.1 Å². The second-order valence-corrected chi connectivity index (χ2v) is 7.08. The van der Waals surface area contributed by atoms with Gasteiger partial charge in [-0.2, -0.15) is 0 Å². The Morgan fingerprint density at radius 3 is 2.17 bits per heavy atom. The largest absolute Gasteiger partial charge is 0.298 e. The molecule has 100 valence electrons. The Bertz CT molecular complexity index is 446. The predicted octanol–water partition coefficient (Wildman–Crippen LogP) is 5.05. The number of Topliss-reactive ketones (excluding diaryl/α,β-unsaturated/α-hetero) is 1. The third-order valence-electron chi connectivity index (χ3n) is 2.48. The Labute approximate surface area is 125 Å². The van der Waals surface area contributed by atoms with Gasteiger partial charge in [0.2, 0.25) is 0 Å². The summed E-state index contributed by atoms with van der Waals surface area (Å²) in [6.07, 6.45) is 0.426. The van der Waals surface area contributed by atoms with E-state index in [1.54, 1.807) is 0 Å². The molecule has 1 aromatic rings. The third kappa shape index (κ3) is 3.94. The Balaban J connectivity index is 2.89. The van der Waals surface area contributed by atoms with Gasteiger partial charge >= 0.3 is 0 Å².